The third-order valence-electron chi connectivity index (χ3n) is 5.65. The van der Waals surface area contributed by atoms with E-state index in [9.17, 15) is 9.59 Å². The van der Waals surface area contributed by atoms with Crippen LogP contribution >= 0.6 is 27.7 Å². The second-order valence-electron chi connectivity index (χ2n) is 7.98. The zero-order chi connectivity index (χ0) is 25.7. The lowest BCUT2D eigenvalue weighted by atomic mass is 10.1. The molecule has 2 aliphatic heterocycles. The number of benzene rings is 2. The molecule has 10 heteroatoms. The smallest absolute Gasteiger partial charge is 0.266 e. The molecule has 0 bridgehead atoms. The van der Waals surface area contributed by atoms with Crippen LogP contribution in [0.5, 0.6) is 11.5 Å². The molecule has 2 amide bonds. The molecular formula is C26H28BrN3O5S. The highest BCUT2D eigenvalue weighted by atomic mass is 79.9. The van der Waals surface area contributed by atoms with E-state index in [0.717, 1.165) is 10.0 Å². The van der Waals surface area contributed by atoms with Gasteiger partial charge in [0.2, 0.25) is 0 Å². The maximum Gasteiger partial charge on any atom is 0.266 e. The monoisotopic (exact) mass is 573 g/mol. The maximum absolute atomic E-state index is 13.2. The molecule has 2 aromatic rings. The molecule has 8 nitrogen and oxygen atoms in total. The van der Waals surface area contributed by atoms with Crippen LogP contribution in [0.2, 0.25) is 0 Å². The number of hydrogen-bond acceptors (Lipinski definition) is 7. The van der Waals surface area contributed by atoms with Gasteiger partial charge in [0.25, 0.3) is 11.8 Å². The largest absolute Gasteiger partial charge is 0.492 e. The number of ether oxygens (including phenoxy) is 3. The minimum atomic E-state index is -0.119. The number of rotatable bonds is 7. The van der Waals surface area contributed by atoms with Gasteiger partial charge in [0.15, 0.2) is 16.7 Å². The van der Waals surface area contributed by atoms with Gasteiger partial charge in [-0.3, -0.25) is 14.5 Å². The first-order valence-electron chi connectivity index (χ1n) is 11.7. The second kappa shape index (κ2) is 11.9. The number of aliphatic imine (C=N–C) groups is 1. The van der Waals surface area contributed by atoms with Gasteiger partial charge in [0, 0.05) is 25.2 Å². The standard InChI is InChI=1S/C26H28BrN3O5S/c1-4-30-25(32)22(15-17-13-20(27)23(33-3)21(14-17)35-5-2)36-26(30)28-19-8-6-7-18(16-19)24(31)29-9-11-34-12-10-29/h6-8,13-16H,4-5,9-12H2,1-3H3/b22-15+,28-26?. The molecule has 0 saturated carbocycles. The van der Waals surface area contributed by atoms with Crippen LogP contribution in [0.3, 0.4) is 0 Å². The van der Waals surface area contributed by atoms with Gasteiger partial charge in [-0.15, -0.1) is 0 Å². The second-order valence-corrected chi connectivity index (χ2v) is 9.84. The predicted octanol–water partition coefficient (Wildman–Crippen LogP) is 4.95. The SMILES string of the molecule is CCOc1cc(/C=C2/SC(=Nc3cccc(C(=O)N4CCOCC4)c3)N(CC)C2=O)cc(Br)c1OC. The number of amides is 2. The van der Waals surface area contributed by atoms with Gasteiger partial charge in [0.05, 0.1) is 42.0 Å². The molecule has 0 aliphatic carbocycles. The third-order valence-corrected chi connectivity index (χ3v) is 7.25. The van der Waals surface area contributed by atoms with Crippen molar-refractivity contribution in [1.29, 1.82) is 0 Å². The lowest BCUT2D eigenvalue weighted by Crippen LogP contribution is -2.40. The molecule has 2 saturated heterocycles. The molecule has 2 heterocycles. The molecule has 0 atom stereocenters. The molecule has 36 heavy (non-hydrogen) atoms. The number of methoxy groups -OCH3 is 1. The number of hydrogen-bond donors (Lipinski definition) is 0. The van der Waals surface area contributed by atoms with Gasteiger partial charge in [0.1, 0.15) is 0 Å². The molecule has 0 unspecified atom stereocenters. The number of thioether (sulfide) groups is 1. The summed E-state index contributed by atoms with van der Waals surface area (Å²) in [6, 6.07) is 10.9. The number of carbonyl (C=O) groups excluding carboxylic acids is 2. The fraction of sp³-hybridized carbons (Fsp3) is 0.346. The lowest BCUT2D eigenvalue weighted by Gasteiger charge is -2.26. The minimum Gasteiger partial charge on any atom is -0.492 e. The van der Waals surface area contributed by atoms with Gasteiger partial charge >= 0.3 is 0 Å². The topological polar surface area (TPSA) is 80.7 Å². The first-order valence-corrected chi connectivity index (χ1v) is 13.3. The predicted molar refractivity (Wildman–Crippen MR) is 145 cm³/mol. The van der Waals surface area contributed by atoms with Crippen LogP contribution in [0.25, 0.3) is 6.08 Å². The Morgan fingerprint density at radius 1 is 1.22 bits per heavy atom. The Hall–Kier alpha value is -2.82. The number of carbonyl (C=O) groups is 2. The number of likely N-dealkylation sites (N-methyl/N-ethyl adjacent to an activating group) is 1. The molecule has 4 rings (SSSR count). The van der Waals surface area contributed by atoms with Crippen molar-refractivity contribution in [2.45, 2.75) is 13.8 Å². The minimum absolute atomic E-state index is 0.0429. The van der Waals surface area contributed by atoms with Crippen molar-refractivity contribution in [3.05, 3.63) is 56.9 Å². The number of halogens is 1. The van der Waals surface area contributed by atoms with Crippen molar-refractivity contribution < 1.29 is 23.8 Å². The molecule has 2 aromatic carbocycles. The highest BCUT2D eigenvalue weighted by Crippen LogP contribution is 2.39. The van der Waals surface area contributed by atoms with Gasteiger partial charge in [-0.05, 0) is 83.5 Å². The summed E-state index contributed by atoms with van der Waals surface area (Å²) in [5, 5.41) is 0.572. The van der Waals surface area contributed by atoms with E-state index in [4.69, 9.17) is 19.2 Å². The molecule has 0 spiro atoms. The average molecular weight is 574 g/mol. The van der Waals surface area contributed by atoms with Crippen LogP contribution in [0.1, 0.15) is 29.8 Å². The molecular weight excluding hydrogens is 546 g/mol. The third kappa shape index (κ3) is 5.77. The summed E-state index contributed by atoms with van der Waals surface area (Å²) in [5.74, 6) is 1.04. The summed E-state index contributed by atoms with van der Waals surface area (Å²) in [7, 11) is 1.59. The van der Waals surface area contributed by atoms with Crippen LogP contribution in [0, 0.1) is 0 Å². The number of nitrogens with zero attached hydrogens (tertiary/aromatic N) is 3. The van der Waals surface area contributed by atoms with Crippen LogP contribution in [-0.2, 0) is 9.53 Å². The van der Waals surface area contributed by atoms with Gasteiger partial charge < -0.3 is 19.1 Å². The Morgan fingerprint density at radius 2 is 2.00 bits per heavy atom. The first-order chi connectivity index (χ1) is 17.4. The average Bonchev–Trinajstić information content (AvgIpc) is 3.17. The molecule has 0 radical (unpaired) electrons. The van der Waals surface area contributed by atoms with Crippen molar-refractivity contribution in [3.63, 3.8) is 0 Å². The fourth-order valence-corrected chi connectivity index (χ4v) is 5.61. The highest BCUT2D eigenvalue weighted by molar-refractivity contribution is 9.10. The Kier molecular flexibility index (Phi) is 8.71. The summed E-state index contributed by atoms with van der Waals surface area (Å²) < 4.78 is 17.2. The molecule has 2 aliphatic rings. The van der Waals surface area contributed by atoms with Crippen LogP contribution in [0.4, 0.5) is 5.69 Å². The van der Waals surface area contributed by atoms with E-state index in [2.05, 4.69) is 15.9 Å². The van der Waals surface area contributed by atoms with E-state index >= 15 is 0 Å². The van der Waals surface area contributed by atoms with Crippen molar-refractivity contribution in [3.8, 4) is 11.5 Å². The van der Waals surface area contributed by atoms with Crippen molar-refractivity contribution in [2.24, 2.45) is 4.99 Å². The zero-order valence-electron chi connectivity index (χ0n) is 20.5. The number of amidine groups is 1. The quantitative estimate of drug-likeness (QED) is 0.436. The molecule has 0 N–H and O–H groups in total. The highest BCUT2D eigenvalue weighted by Gasteiger charge is 2.32. The Balaban J connectivity index is 1.61. The Bertz CT molecular complexity index is 1210. The van der Waals surface area contributed by atoms with Crippen LogP contribution in [0.15, 0.2) is 50.8 Å². The lowest BCUT2D eigenvalue weighted by molar-refractivity contribution is -0.122. The van der Waals surface area contributed by atoms with Gasteiger partial charge in [-0.1, -0.05) is 6.07 Å². The van der Waals surface area contributed by atoms with E-state index in [1.54, 1.807) is 29.0 Å². The van der Waals surface area contributed by atoms with Gasteiger partial charge in [-0.2, -0.15) is 0 Å². The normalized spacial score (nSPS) is 18.3. The van der Waals surface area contributed by atoms with E-state index in [0.29, 0.717) is 72.3 Å². The van der Waals surface area contributed by atoms with Crippen molar-refractivity contribution >= 4 is 56.4 Å². The van der Waals surface area contributed by atoms with E-state index in [-0.39, 0.29) is 11.8 Å². The molecule has 2 fully saturated rings. The van der Waals surface area contributed by atoms with E-state index in [1.165, 1.54) is 11.8 Å². The summed E-state index contributed by atoms with van der Waals surface area (Å²) in [4.78, 5) is 34.7. The van der Waals surface area contributed by atoms with Crippen molar-refractivity contribution in [1.82, 2.24) is 9.80 Å². The van der Waals surface area contributed by atoms with E-state index in [1.807, 2.05) is 44.2 Å². The number of morpholine rings is 1. The maximum atomic E-state index is 13.2. The fourth-order valence-electron chi connectivity index (χ4n) is 3.92. The van der Waals surface area contributed by atoms with Gasteiger partial charge in [-0.25, -0.2) is 4.99 Å². The van der Waals surface area contributed by atoms with Crippen LogP contribution in [-0.4, -0.2) is 73.3 Å². The Morgan fingerprint density at radius 3 is 2.69 bits per heavy atom. The summed E-state index contributed by atoms with van der Waals surface area (Å²) in [6.45, 7) is 7.02. The summed E-state index contributed by atoms with van der Waals surface area (Å²) in [5.41, 5.74) is 1.99. The Labute approximate surface area is 223 Å². The first kappa shape index (κ1) is 26.2. The zero-order valence-corrected chi connectivity index (χ0v) is 22.9. The molecule has 0 aromatic heterocycles. The summed E-state index contributed by atoms with van der Waals surface area (Å²) >= 11 is 4.83. The van der Waals surface area contributed by atoms with Crippen molar-refractivity contribution in [2.75, 3.05) is 46.6 Å². The van der Waals surface area contributed by atoms with E-state index < -0.39 is 0 Å². The van der Waals surface area contributed by atoms with Crippen LogP contribution < -0.4 is 9.47 Å². The molecule has 190 valence electrons. The summed E-state index contributed by atoms with van der Waals surface area (Å²) in [6.07, 6.45) is 1.82.